The van der Waals surface area contributed by atoms with Gasteiger partial charge in [-0.1, -0.05) is 60.7 Å². The van der Waals surface area contributed by atoms with Crippen LogP contribution < -0.4 is 10.6 Å². The molecule has 0 amide bonds. The summed E-state index contributed by atoms with van der Waals surface area (Å²) in [4.78, 5) is 17.8. The molecule has 6 nitrogen and oxygen atoms in total. The number of hydrogen-bond acceptors (Lipinski definition) is 6. The summed E-state index contributed by atoms with van der Waals surface area (Å²) in [5.41, 5.74) is 4.20. The average molecular weight is 396 g/mol. The van der Waals surface area contributed by atoms with E-state index in [2.05, 4.69) is 30.6 Å². The molecule has 6 heteroatoms. The maximum absolute atomic E-state index is 4.45. The number of hydrogen-bond donors (Lipinski definition) is 2. The Hall–Kier alpha value is -3.48. The summed E-state index contributed by atoms with van der Waals surface area (Å²) in [7, 11) is 0. The van der Waals surface area contributed by atoms with Crippen LogP contribution in [0.25, 0.3) is 22.8 Å². The van der Waals surface area contributed by atoms with Crippen LogP contribution in [0.15, 0.2) is 85.5 Å². The molecule has 0 aliphatic rings. The molecule has 0 saturated heterocycles. The second kappa shape index (κ2) is 10.3. The van der Waals surface area contributed by atoms with Crippen molar-refractivity contribution in [1.29, 1.82) is 0 Å². The Morgan fingerprint density at radius 2 is 0.867 bits per heavy atom. The van der Waals surface area contributed by atoms with Crippen molar-refractivity contribution in [3.63, 3.8) is 0 Å². The molecule has 0 fully saturated rings. The first-order chi connectivity index (χ1) is 14.9. The quantitative estimate of drug-likeness (QED) is 0.422. The molecular weight excluding hydrogens is 372 g/mol. The van der Waals surface area contributed by atoms with Crippen LogP contribution in [-0.2, 0) is 13.1 Å². The summed E-state index contributed by atoms with van der Waals surface area (Å²) in [6.45, 7) is 3.18. The highest BCUT2D eigenvalue weighted by Crippen LogP contribution is 2.14. The number of rotatable bonds is 9. The molecule has 0 atom stereocenters. The maximum atomic E-state index is 4.45. The van der Waals surface area contributed by atoms with Gasteiger partial charge >= 0.3 is 0 Å². The molecule has 0 spiro atoms. The molecule has 2 N–H and O–H groups in total. The zero-order chi connectivity index (χ0) is 20.4. The Morgan fingerprint density at radius 3 is 1.23 bits per heavy atom. The van der Waals surface area contributed by atoms with Gasteiger partial charge < -0.3 is 10.6 Å². The average Bonchev–Trinajstić information content (AvgIpc) is 2.83. The van der Waals surface area contributed by atoms with Gasteiger partial charge in [-0.15, -0.1) is 0 Å². The predicted molar refractivity (Wildman–Crippen MR) is 118 cm³/mol. The van der Waals surface area contributed by atoms with Crippen LogP contribution >= 0.6 is 0 Å². The van der Waals surface area contributed by atoms with Gasteiger partial charge in [0.25, 0.3) is 0 Å². The summed E-state index contributed by atoms with van der Waals surface area (Å²) in [5, 5.41) is 6.81. The number of aromatic nitrogens is 4. The van der Waals surface area contributed by atoms with E-state index in [1.54, 1.807) is 0 Å². The maximum Gasteiger partial charge on any atom is 0.159 e. The first-order valence-electron chi connectivity index (χ1n) is 10.0. The fourth-order valence-electron chi connectivity index (χ4n) is 3.01. The van der Waals surface area contributed by atoms with Crippen LogP contribution in [0.3, 0.4) is 0 Å². The van der Waals surface area contributed by atoms with Crippen LogP contribution in [0.2, 0.25) is 0 Å². The lowest BCUT2D eigenvalue weighted by atomic mass is 10.2. The van der Waals surface area contributed by atoms with Gasteiger partial charge in [0, 0.05) is 73.2 Å². The molecule has 2 heterocycles. The third kappa shape index (κ3) is 5.53. The van der Waals surface area contributed by atoms with E-state index in [1.165, 1.54) is 0 Å². The minimum absolute atomic E-state index is 0.742. The number of benzene rings is 2. The minimum Gasteiger partial charge on any atom is -0.311 e. The van der Waals surface area contributed by atoms with Gasteiger partial charge in [0.1, 0.15) is 0 Å². The fourth-order valence-corrected chi connectivity index (χ4v) is 3.01. The molecule has 0 saturated carbocycles. The zero-order valence-corrected chi connectivity index (χ0v) is 16.7. The lowest BCUT2D eigenvalue weighted by Crippen LogP contribution is -2.26. The first kappa shape index (κ1) is 19.8. The summed E-state index contributed by atoms with van der Waals surface area (Å²) in [5.74, 6) is 1.50. The van der Waals surface area contributed by atoms with Crippen molar-refractivity contribution >= 4 is 0 Å². The van der Waals surface area contributed by atoms with Gasteiger partial charge in [-0.3, -0.25) is 0 Å². The van der Waals surface area contributed by atoms with Gasteiger partial charge in [0.05, 0.1) is 0 Å². The van der Waals surface area contributed by atoms with Gasteiger partial charge in [0.15, 0.2) is 11.6 Å². The molecular formula is C24H24N6. The highest BCUT2D eigenvalue weighted by atomic mass is 15.0. The van der Waals surface area contributed by atoms with E-state index < -0.39 is 0 Å². The van der Waals surface area contributed by atoms with Gasteiger partial charge in [-0.2, -0.15) is 0 Å². The number of nitrogens with one attached hydrogen (secondary N) is 2. The molecule has 0 radical (unpaired) electrons. The van der Waals surface area contributed by atoms with E-state index in [9.17, 15) is 0 Å². The molecule has 2 aromatic carbocycles. The van der Waals surface area contributed by atoms with Crippen LogP contribution in [0.5, 0.6) is 0 Å². The SMILES string of the molecule is c1ccc(-c2ncc(CNCCNCc3cnc(-c4ccccc4)nc3)cn2)cc1. The van der Waals surface area contributed by atoms with Crippen LogP contribution in [-0.4, -0.2) is 33.0 Å². The van der Waals surface area contributed by atoms with E-state index in [4.69, 9.17) is 0 Å². The fraction of sp³-hybridized carbons (Fsp3) is 0.167. The summed E-state index contributed by atoms with van der Waals surface area (Å²) >= 11 is 0. The summed E-state index contributed by atoms with van der Waals surface area (Å²) < 4.78 is 0. The third-order valence-corrected chi connectivity index (χ3v) is 4.61. The van der Waals surface area contributed by atoms with Crippen LogP contribution in [0.4, 0.5) is 0 Å². The van der Waals surface area contributed by atoms with E-state index in [1.807, 2.05) is 85.5 Å². The van der Waals surface area contributed by atoms with Crippen LogP contribution in [0.1, 0.15) is 11.1 Å². The molecule has 2 aromatic heterocycles. The molecule has 0 unspecified atom stereocenters. The largest absolute Gasteiger partial charge is 0.311 e. The second-order valence-electron chi connectivity index (χ2n) is 6.92. The Morgan fingerprint density at radius 1 is 0.500 bits per heavy atom. The van der Waals surface area contributed by atoms with E-state index in [0.717, 1.165) is 60.1 Å². The van der Waals surface area contributed by atoms with Crippen molar-refractivity contribution in [1.82, 2.24) is 30.6 Å². The Balaban J connectivity index is 1.15. The standard InChI is InChI=1S/C24H24N6/c1-3-7-21(8-4-1)23-27-15-19(16-28-23)13-25-11-12-26-14-20-17-29-24(30-18-20)22-9-5-2-6-10-22/h1-10,15-18,25-26H,11-14H2. The second-order valence-corrected chi connectivity index (χ2v) is 6.92. The molecule has 4 rings (SSSR count). The molecule has 30 heavy (non-hydrogen) atoms. The van der Waals surface area contributed by atoms with E-state index in [-0.39, 0.29) is 0 Å². The Labute approximate surface area is 176 Å². The lowest BCUT2D eigenvalue weighted by molar-refractivity contribution is 0.608. The van der Waals surface area contributed by atoms with E-state index >= 15 is 0 Å². The predicted octanol–water partition coefficient (Wildman–Crippen LogP) is 3.48. The monoisotopic (exact) mass is 396 g/mol. The van der Waals surface area contributed by atoms with Gasteiger partial charge in [0.2, 0.25) is 0 Å². The molecule has 4 aromatic rings. The van der Waals surface area contributed by atoms with Crippen molar-refractivity contribution < 1.29 is 0 Å². The molecule has 0 bridgehead atoms. The summed E-state index contributed by atoms with van der Waals surface area (Å²) in [6.07, 6.45) is 7.51. The molecule has 0 aliphatic carbocycles. The van der Waals surface area contributed by atoms with Crippen molar-refractivity contribution in [2.45, 2.75) is 13.1 Å². The molecule has 150 valence electrons. The van der Waals surface area contributed by atoms with Crippen molar-refractivity contribution in [3.05, 3.63) is 96.6 Å². The van der Waals surface area contributed by atoms with Gasteiger partial charge in [-0.25, -0.2) is 19.9 Å². The molecule has 0 aliphatic heterocycles. The highest BCUT2D eigenvalue weighted by Gasteiger charge is 2.02. The highest BCUT2D eigenvalue weighted by molar-refractivity contribution is 5.54. The van der Waals surface area contributed by atoms with Gasteiger partial charge in [-0.05, 0) is 0 Å². The van der Waals surface area contributed by atoms with Crippen LogP contribution in [0, 0.1) is 0 Å². The van der Waals surface area contributed by atoms with E-state index in [0.29, 0.717) is 0 Å². The topological polar surface area (TPSA) is 75.6 Å². The Kier molecular flexibility index (Phi) is 6.83. The van der Waals surface area contributed by atoms with Crippen molar-refractivity contribution in [2.24, 2.45) is 0 Å². The minimum atomic E-state index is 0.742. The normalized spacial score (nSPS) is 10.8. The first-order valence-corrected chi connectivity index (χ1v) is 10.0. The summed E-state index contributed by atoms with van der Waals surface area (Å²) in [6, 6.07) is 20.0. The van der Waals surface area contributed by atoms with Crippen molar-refractivity contribution in [2.75, 3.05) is 13.1 Å². The lowest BCUT2D eigenvalue weighted by Gasteiger charge is -2.07. The third-order valence-electron chi connectivity index (χ3n) is 4.61. The number of nitrogens with zero attached hydrogens (tertiary/aromatic N) is 4. The van der Waals surface area contributed by atoms with Crippen molar-refractivity contribution in [3.8, 4) is 22.8 Å². The smallest absolute Gasteiger partial charge is 0.159 e. The Bertz CT molecular complexity index is 932. The zero-order valence-electron chi connectivity index (χ0n) is 16.7.